The summed E-state index contributed by atoms with van der Waals surface area (Å²) in [6.45, 7) is 0. The second-order valence-corrected chi connectivity index (χ2v) is 4.32. The van der Waals surface area contributed by atoms with Crippen LogP contribution in [0.5, 0.6) is 0 Å². The van der Waals surface area contributed by atoms with E-state index in [0.717, 1.165) is 15.0 Å². The Bertz CT molecular complexity index is 516. The summed E-state index contributed by atoms with van der Waals surface area (Å²) < 4.78 is 39.6. The molecule has 0 aliphatic rings. The summed E-state index contributed by atoms with van der Waals surface area (Å²) >= 11 is 2.07. The average Bonchev–Trinajstić information content (AvgIpc) is 2.41. The van der Waals surface area contributed by atoms with E-state index < -0.39 is 11.9 Å². The van der Waals surface area contributed by atoms with Gasteiger partial charge in [-0.1, -0.05) is 0 Å². The fourth-order valence-corrected chi connectivity index (χ4v) is 2.20. The number of hydrogen-bond donors (Lipinski definition) is 0. The van der Waals surface area contributed by atoms with Gasteiger partial charge in [-0.05, 0) is 34.7 Å². The largest absolute Gasteiger partial charge is 0.433 e. The number of rotatable bonds is 0. The van der Waals surface area contributed by atoms with E-state index in [1.165, 1.54) is 6.07 Å². The molecule has 0 bridgehead atoms. The Labute approximate surface area is 97.2 Å². The minimum Gasteiger partial charge on any atom is -0.334 e. The van der Waals surface area contributed by atoms with Crippen LogP contribution in [0.2, 0.25) is 0 Å². The normalized spacial score (nSPS) is 12.3. The summed E-state index contributed by atoms with van der Waals surface area (Å²) in [4.78, 5) is 3.60. The van der Waals surface area contributed by atoms with E-state index in [2.05, 4.69) is 27.6 Å². The van der Waals surface area contributed by atoms with Crippen molar-refractivity contribution in [1.82, 2.24) is 9.55 Å². The zero-order chi connectivity index (χ0) is 11.2. The van der Waals surface area contributed by atoms with Gasteiger partial charge >= 0.3 is 6.18 Å². The molecule has 6 heteroatoms. The molecular formula is C9H6F3IN2. The van der Waals surface area contributed by atoms with Gasteiger partial charge in [0.15, 0.2) is 0 Å². The van der Waals surface area contributed by atoms with Gasteiger partial charge in [0.25, 0.3) is 0 Å². The molecule has 15 heavy (non-hydrogen) atoms. The molecule has 0 atom stereocenters. The fourth-order valence-electron chi connectivity index (χ4n) is 1.36. The molecule has 2 aromatic rings. The van der Waals surface area contributed by atoms with Crippen LogP contribution in [-0.4, -0.2) is 9.55 Å². The monoisotopic (exact) mass is 326 g/mol. The molecular weight excluding hydrogens is 320 g/mol. The maximum Gasteiger partial charge on any atom is 0.433 e. The van der Waals surface area contributed by atoms with E-state index >= 15 is 0 Å². The van der Waals surface area contributed by atoms with Gasteiger partial charge in [0, 0.05) is 22.2 Å². The molecule has 0 unspecified atom stereocenters. The van der Waals surface area contributed by atoms with Gasteiger partial charge in [-0.2, -0.15) is 13.2 Å². The number of halogens is 4. The molecule has 0 aliphatic heterocycles. The molecule has 2 nitrogen and oxygen atoms in total. The van der Waals surface area contributed by atoms with Crippen LogP contribution in [0.1, 0.15) is 5.69 Å². The summed E-state index contributed by atoms with van der Waals surface area (Å²) in [5.74, 6) is 0. The summed E-state index contributed by atoms with van der Waals surface area (Å²) in [6, 6.07) is 2.46. The molecule has 0 saturated heterocycles. The summed E-state index contributed by atoms with van der Waals surface area (Å²) in [6.07, 6.45) is -2.64. The highest BCUT2D eigenvalue weighted by atomic mass is 127. The highest BCUT2D eigenvalue weighted by molar-refractivity contribution is 14.1. The van der Waals surface area contributed by atoms with Crippen molar-refractivity contribution < 1.29 is 13.2 Å². The Morgan fingerprint density at radius 3 is 2.60 bits per heavy atom. The lowest BCUT2D eigenvalue weighted by atomic mass is 10.3. The quantitative estimate of drug-likeness (QED) is 0.680. The minimum absolute atomic E-state index is 0.356. The van der Waals surface area contributed by atoms with Crippen LogP contribution in [0.4, 0.5) is 13.2 Å². The van der Waals surface area contributed by atoms with Crippen molar-refractivity contribution >= 4 is 33.6 Å². The minimum atomic E-state index is -4.39. The van der Waals surface area contributed by atoms with Crippen molar-refractivity contribution in [2.45, 2.75) is 6.18 Å². The number of fused-ring (bicyclic) bond motifs is 1. The van der Waals surface area contributed by atoms with Crippen molar-refractivity contribution in [3.8, 4) is 0 Å². The predicted molar refractivity (Wildman–Crippen MR) is 58.4 cm³/mol. The van der Waals surface area contributed by atoms with Crippen LogP contribution in [0.15, 0.2) is 18.3 Å². The van der Waals surface area contributed by atoms with Crippen LogP contribution in [0.3, 0.4) is 0 Å². The molecule has 2 aromatic heterocycles. The molecule has 0 amide bonds. The van der Waals surface area contributed by atoms with Gasteiger partial charge < -0.3 is 4.57 Å². The summed E-state index contributed by atoms with van der Waals surface area (Å²) in [5, 5.41) is 0.742. The van der Waals surface area contributed by atoms with Crippen molar-refractivity contribution in [3.63, 3.8) is 0 Å². The lowest BCUT2D eigenvalue weighted by Gasteiger charge is -2.05. The number of hydrogen-bond acceptors (Lipinski definition) is 1. The Kier molecular flexibility index (Phi) is 2.40. The maximum absolute atomic E-state index is 12.4. The molecule has 2 rings (SSSR count). The summed E-state index contributed by atoms with van der Waals surface area (Å²) in [5.41, 5.74) is -0.498. The Balaban J connectivity index is 2.71. The first-order chi connectivity index (χ1) is 6.89. The van der Waals surface area contributed by atoms with Gasteiger partial charge in [-0.3, -0.25) is 0 Å². The first-order valence-electron chi connectivity index (χ1n) is 4.08. The lowest BCUT2D eigenvalue weighted by Crippen LogP contribution is -2.08. The van der Waals surface area contributed by atoms with Crippen molar-refractivity contribution in [1.29, 1.82) is 0 Å². The highest BCUT2D eigenvalue weighted by Gasteiger charge is 2.32. The Morgan fingerprint density at radius 1 is 1.33 bits per heavy atom. The molecule has 0 saturated carbocycles. The second kappa shape index (κ2) is 3.36. The van der Waals surface area contributed by atoms with Gasteiger partial charge in [-0.25, -0.2) is 4.98 Å². The third kappa shape index (κ3) is 1.82. The highest BCUT2D eigenvalue weighted by Crippen LogP contribution is 2.30. The van der Waals surface area contributed by atoms with E-state index in [4.69, 9.17) is 0 Å². The first kappa shape index (κ1) is 10.7. The van der Waals surface area contributed by atoms with Crippen LogP contribution in [0, 0.1) is 3.57 Å². The molecule has 0 spiro atoms. The zero-order valence-electron chi connectivity index (χ0n) is 7.64. The van der Waals surface area contributed by atoms with Crippen LogP contribution in [0.25, 0.3) is 11.0 Å². The predicted octanol–water partition coefficient (Wildman–Crippen LogP) is 3.20. The van der Waals surface area contributed by atoms with Crippen molar-refractivity contribution in [3.05, 3.63) is 27.6 Å². The van der Waals surface area contributed by atoms with Crippen LogP contribution in [-0.2, 0) is 13.2 Å². The first-order valence-corrected chi connectivity index (χ1v) is 5.16. The molecule has 0 fully saturated rings. The molecule has 0 radical (unpaired) electrons. The fraction of sp³-hybridized carbons (Fsp3) is 0.222. The molecule has 0 N–H and O–H groups in total. The van der Waals surface area contributed by atoms with E-state index in [9.17, 15) is 13.2 Å². The average molecular weight is 326 g/mol. The Morgan fingerprint density at radius 2 is 2.00 bits per heavy atom. The lowest BCUT2D eigenvalue weighted by molar-refractivity contribution is -0.141. The van der Waals surface area contributed by atoms with E-state index in [1.807, 2.05) is 0 Å². The Hall–Kier alpha value is -0.790. The van der Waals surface area contributed by atoms with Crippen LogP contribution >= 0.6 is 22.6 Å². The third-order valence-electron chi connectivity index (χ3n) is 2.06. The smallest absolute Gasteiger partial charge is 0.334 e. The number of aromatic nitrogens is 2. The summed E-state index contributed by atoms with van der Waals surface area (Å²) in [7, 11) is 1.68. The molecule has 2 heterocycles. The molecule has 80 valence electrons. The molecule has 0 aromatic carbocycles. The second-order valence-electron chi connectivity index (χ2n) is 3.15. The van der Waals surface area contributed by atoms with Crippen LogP contribution < -0.4 is 0 Å². The third-order valence-corrected chi connectivity index (χ3v) is 2.92. The standard InChI is InChI=1S/C9H6F3IN2/c1-15-4-6(13)5-2-3-7(9(10,11)12)14-8(5)15/h2-4H,1H3. The molecule has 0 aliphatic carbocycles. The number of aryl methyl sites for hydroxylation is 1. The zero-order valence-corrected chi connectivity index (χ0v) is 9.80. The van der Waals surface area contributed by atoms with Gasteiger partial charge in [0.1, 0.15) is 11.3 Å². The van der Waals surface area contributed by atoms with E-state index in [-0.39, 0.29) is 0 Å². The SMILES string of the molecule is Cn1cc(I)c2ccc(C(F)(F)F)nc21. The van der Waals surface area contributed by atoms with Gasteiger partial charge in [-0.15, -0.1) is 0 Å². The van der Waals surface area contributed by atoms with Crippen molar-refractivity contribution in [2.75, 3.05) is 0 Å². The van der Waals surface area contributed by atoms with Gasteiger partial charge in [0.2, 0.25) is 0 Å². The van der Waals surface area contributed by atoms with Gasteiger partial charge in [0.05, 0.1) is 0 Å². The maximum atomic E-state index is 12.4. The van der Waals surface area contributed by atoms with E-state index in [0.29, 0.717) is 5.65 Å². The van der Waals surface area contributed by atoms with Crippen molar-refractivity contribution in [2.24, 2.45) is 7.05 Å². The topological polar surface area (TPSA) is 17.8 Å². The van der Waals surface area contributed by atoms with E-state index in [1.54, 1.807) is 17.8 Å². The number of pyridine rings is 1. The number of alkyl halides is 3. The number of nitrogens with zero attached hydrogens (tertiary/aromatic N) is 2.